The molecule has 2 amide bonds. The molecule has 1 heterocycles. The number of carbonyl (C=O) groups excluding carboxylic acids is 2. The van der Waals surface area contributed by atoms with Gasteiger partial charge in [0.1, 0.15) is 11.7 Å². The molecule has 0 aliphatic rings. The average molecular weight is 349 g/mol. The van der Waals surface area contributed by atoms with Crippen LogP contribution in [0.5, 0.6) is 0 Å². The molecule has 0 aliphatic heterocycles. The molecule has 1 aromatic heterocycles. The number of carbonyl (C=O) groups is 2. The number of nitrogens with one attached hydrogen (secondary N) is 3. The van der Waals surface area contributed by atoms with Crippen LogP contribution in [-0.2, 0) is 4.79 Å². The van der Waals surface area contributed by atoms with Crippen LogP contribution in [0.4, 0.5) is 0 Å². The van der Waals surface area contributed by atoms with E-state index in [2.05, 4.69) is 20.8 Å². The minimum atomic E-state index is -0.588. The molecule has 0 aliphatic carbocycles. The number of halogens is 1. The summed E-state index contributed by atoms with van der Waals surface area (Å²) in [6, 6.07) is 8.29. The summed E-state index contributed by atoms with van der Waals surface area (Å²) in [6.45, 7) is 3.99. The van der Waals surface area contributed by atoms with Crippen LogP contribution in [-0.4, -0.2) is 35.1 Å². The fourth-order valence-corrected chi connectivity index (χ4v) is 2.59. The summed E-state index contributed by atoms with van der Waals surface area (Å²) in [5.41, 5.74) is 1.59. The first-order valence-corrected chi connectivity index (χ1v) is 8.13. The molecular formula is C17H21ClN4O2. The minimum absolute atomic E-state index is 0.220. The number of aromatic amines is 1. The molecule has 0 fully saturated rings. The quantitative estimate of drug-likeness (QED) is 0.750. The second-order valence-corrected chi connectivity index (χ2v) is 6.32. The zero-order valence-corrected chi connectivity index (χ0v) is 14.6. The summed E-state index contributed by atoms with van der Waals surface area (Å²) >= 11 is 6.14. The maximum absolute atomic E-state index is 12.4. The van der Waals surface area contributed by atoms with Crippen molar-refractivity contribution in [1.29, 1.82) is 0 Å². The first-order valence-electron chi connectivity index (χ1n) is 7.75. The van der Waals surface area contributed by atoms with Crippen LogP contribution in [0.25, 0.3) is 11.3 Å². The lowest BCUT2D eigenvalue weighted by atomic mass is 10.0. The van der Waals surface area contributed by atoms with Gasteiger partial charge in [-0.25, -0.2) is 0 Å². The van der Waals surface area contributed by atoms with E-state index in [1.165, 1.54) is 0 Å². The molecule has 1 unspecified atom stereocenters. The van der Waals surface area contributed by atoms with Crippen molar-refractivity contribution in [3.8, 4) is 11.3 Å². The van der Waals surface area contributed by atoms with E-state index in [0.29, 0.717) is 17.1 Å². The molecule has 7 heteroatoms. The van der Waals surface area contributed by atoms with E-state index in [1.54, 1.807) is 19.2 Å². The van der Waals surface area contributed by atoms with Crippen LogP contribution in [0, 0.1) is 5.92 Å². The fraction of sp³-hybridized carbons (Fsp3) is 0.353. The Labute approximate surface area is 146 Å². The van der Waals surface area contributed by atoms with Crippen molar-refractivity contribution in [2.75, 3.05) is 7.05 Å². The van der Waals surface area contributed by atoms with Gasteiger partial charge >= 0.3 is 0 Å². The van der Waals surface area contributed by atoms with Gasteiger partial charge in [-0.1, -0.05) is 43.6 Å². The van der Waals surface area contributed by atoms with Crippen LogP contribution in [0.1, 0.15) is 30.8 Å². The summed E-state index contributed by atoms with van der Waals surface area (Å²) in [5.74, 6) is -0.328. The molecule has 0 bridgehead atoms. The van der Waals surface area contributed by atoms with E-state index >= 15 is 0 Å². The highest BCUT2D eigenvalue weighted by atomic mass is 35.5. The number of likely N-dealkylation sites (N-methyl/N-ethyl adjacent to an activating group) is 1. The van der Waals surface area contributed by atoms with Crippen molar-refractivity contribution >= 4 is 23.4 Å². The van der Waals surface area contributed by atoms with Crippen molar-refractivity contribution in [2.24, 2.45) is 5.92 Å². The van der Waals surface area contributed by atoms with Gasteiger partial charge in [0.2, 0.25) is 5.91 Å². The predicted molar refractivity (Wildman–Crippen MR) is 93.8 cm³/mol. The zero-order chi connectivity index (χ0) is 17.7. The average Bonchev–Trinajstić information content (AvgIpc) is 3.03. The van der Waals surface area contributed by atoms with Crippen molar-refractivity contribution in [2.45, 2.75) is 26.3 Å². The Morgan fingerprint density at radius 3 is 2.62 bits per heavy atom. The molecular weight excluding hydrogens is 328 g/mol. The van der Waals surface area contributed by atoms with Gasteiger partial charge < -0.3 is 10.6 Å². The Hall–Kier alpha value is -2.34. The van der Waals surface area contributed by atoms with Crippen molar-refractivity contribution in [3.05, 3.63) is 41.0 Å². The lowest BCUT2D eigenvalue weighted by Crippen LogP contribution is -2.46. The number of H-pyrrole nitrogens is 1. The number of aromatic nitrogens is 2. The third-order valence-electron chi connectivity index (χ3n) is 3.55. The van der Waals surface area contributed by atoms with E-state index in [1.807, 2.05) is 32.0 Å². The molecule has 0 radical (unpaired) electrons. The van der Waals surface area contributed by atoms with Gasteiger partial charge in [0.25, 0.3) is 5.91 Å². The highest BCUT2D eigenvalue weighted by Gasteiger charge is 2.22. The number of hydrogen-bond donors (Lipinski definition) is 3. The standard InChI is InChI=1S/C17H21ClN4O2/c1-10(2)8-14(16(23)19-3)20-17(24)15-9-13(21-22-15)11-6-4-5-7-12(11)18/h4-7,9-10,14H,8H2,1-3H3,(H,19,23)(H,20,24)(H,21,22). The maximum atomic E-state index is 12.4. The Morgan fingerprint density at radius 2 is 2.00 bits per heavy atom. The maximum Gasteiger partial charge on any atom is 0.269 e. The molecule has 24 heavy (non-hydrogen) atoms. The highest BCUT2D eigenvalue weighted by Crippen LogP contribution is 2.26. The van der Waals surface area contributed by atoms with Crippen LogP contribution in [0.15, 0.2) is 30.3 Å². The first-order chi connectivity index (χ1) is 11.4. The molecule has 3 N–H and O–H groups in total. The number of benzene rings is 1. The Balaban J connectivity index is 2.15. The van der Waals surface area contributed by atoms with Gasteiger partial charge in [-0.3, -0.25) is 14.7 Å². The van der Waals surface area contributed by atoms with Crippen molar-refractivity contribution in [3.63, 3.8) is 0 Å². The lowest BCUT2D eigenvalue weighted by molar-refractivity contribution is -0.122. The number of hydrogen-bond acceptors (Lipinski definition) is 3. The molecule has 128 valence electrons. The van der Waals surface area contributed by atoms with E-state index in [-0.39, 0.29) is 23.4 Å². The predicted octanol–water partition coefficient (Wildman–Crippen LogP) is 2.62. The van der Waals surface area contributed by atoms with Crippen LogP contribution >= 0.6 is 11.6 Å². The summed E-state index contributed by atoms with van der Waals surface area (Å²) in [5, 5.41) is 12.7. The fourth-order valence-electron chi connectivity index (χ4n) is 2.36. The summed E-state index contributed by atoms with van der Waals surface area (Å²) in [6.07, 6.45) is 0.553. The SMILES string of the molecule is CNC(=O)C(CC(C)C)NC(=O)c1cc(-c2ccccc2Cl)n[nH]1. The van der Waals surface area contributed by atoms with Crippen LogP contribution in [0.2, 0.25) is 5.02 Å². The molecule has 2 aromatic rings. The smallest absolute Gasteiger partial charge is 0.269 e. The third-order valence-corrected chi connectivity index (χ3v) is 3.88. The van der Waals surface area contributed by atoms with Gasteiger partial charge in [0, 0.05) is 12.6 Å². The molecule has 1 atom stereocenters. The van der Waals surface area contributed by atoms with E-state index < -0.39 is 6.04 Å². The zero-order valence-electron chi connectivity index (χ0n) is 13.9. The van der Waals surface area contributed by atoms with Crippen LogP contribution < -0.4 is 10.6 Å². The Kier molecular flexibility index (Phi) is 5.98. The third kappa shape index (κ3) is 4.35. The van der Waals surface area contributed by atoms with Crippen molar-refractivity contribution < 1.29 is 9.59 Å². The summed E-state index contributed by atoms with van der Waals surface area (Å²) in [4.78, 5) is 24.3. The van der Waals surface area contributed by atoms with E-state index in [4.69, 9.17) is 11.6 Å². The number of rotatable bonds is 6. The highest BCUT2D eigenvalue weighted by molar-refractivity contribution is 6.33. The van der Waals surface area contributed by atoms with E-state index in [0.717, 1.165) is 5.56 Å². The molecule has 0 saturated heterocycles. The normalized spacial score (nSPS) is 12.0. The molecule has 1 aromatic carbocycles. The topological polar surface area (TPSA) is 86.9 Å². The van der Waals surface area contributed by atoms with Gasteiger partial charge in [0.05, 0.1) is 10.7 Å². The Morgan fingerprint density at radius 1 is 1.29 bits per heavy atom. The van der Waals surface area contributed by atoms with Crippen LogP contribution in [0.3, 0.4) is 0 Å². The number of nitrogens with zero attached hydrogens (tertiary/aromatic N) is 1. The minimum Gasteiger partial charge on any atom is -0.357 e. The van der Waals surface area contributed by atoms with Gasteiger partial charge in [-0.15, -0.1) is 0 Å². The second kappa shape index (κ2) is 7.97. The Bertz CT molecular complexity index is 727. The van der Waals surface area contributed by atoms with E-state index in [9.17, 15) is 9.59 Å². The first kappa shape index (κ1) is 18.0. The van der Waals surface area contributed by atoms with Crippen molar-refractivity contribution in [1.82, 2.24) is 20.8 Å². The number of amides is 2. The molecule has 6 nitrogen and oxygen atoms in total. The molecule has 2 rings (SSSR count). The molecule has 0 spiro atoms. The van der Waals surface area contributed by atoms with Gasteiger partial charge in [0.15, 0.2) is 0 Å². The van der Waals surface area contributed by atoms with Gasteiger partial charge in [-0.2, -0.15) is 5.10 Å². The lowest BCUT2D eigenvalue weighted by Gasteiger charge is -2.18. The monoisotopic (exact) mass is 348 g/mol. The second-order valence-electron chi connectivity index (χ2n) is 5.92. The molecule has 0 saturated carbocycles. The summed E-state index contributed by atoms with van der Waals surface area (Å²) < 4.78 is 0. The summed E-state index contributed by atoms with van der Waals surface area (Å²) in [7, 11) is 1.55. The van der Waals surface area contributed by atoms with Gasteiger partial charge in [-0.05, 0) is 24.5 Å². The largest absolute Gasteiger partial charge is 0.357 e.